The van der Waals surface area contributed by atoms with Crippen LogP contribution in [0, 0.1) is 6.92 Å². The Labute approximate surface area is 109 Å². The largest absolute Gasteiger partial charge is 0.381 e. The lowest BCUT2D eigenvalue weighted by molar-refractivity contribution is 0.867. The fourth-order valence-corrected chi connectivity index (χ4v) is 1.90. The Hall–Kier alpha value is -1.83. The molecule has 0 radical (unpaired) electrons. The van der Waals surface area contributed by atoms with E-state index in [-0.39, 0.29) is 0 Å². The van der Waals surface area contributed by atoms with E-state index in [4.69, 9.17) is 0 Å². The first-order chi connectivity index (χ1) is 8.65. The van der Waals surface area contributed by atoms with Crippen molar-refractivity contribution in [2.24, 2.45) is 0 Å². The van der Waals surface area contributed by atoms with Gasteiger partial charge in [0.2, 0.25) is 0 Å². The Morgan fingerprint density at radius 1 is 1.11 bits per heavy atom. The van der Waals surface area contributed by atoms with Crippen molar-refractivity contribution < 1.29 is 0 Å². The number of nitrogens with zero attached hydrogens (tertiary/aromatic N) is 1. The quantitative estimate of drug-likeness (QED) is 0.869. The number of aromatic nitrogens is 1. The molecule has 0 spiro atoms. The van der Waals surface area contributed by atoms with Crippen LogP contribution in [0.2, 0.25) is 0 Å². The summed E-state index contributed by atoms with van der Waals surface area (Å²) in [6.45, 7) is 7.30. The first-order valence-electron chi connectivity index (χ1n) is 6.39. The van der Waals surface area contributed by atoms with Crippen LogP contribution in [-0.2, 0) is 6.54 Å². The second kappa shape index (κ2) is 5.67. The average Bonchev–Trinajstić information content (AvgIpc) is 2.37. The van der Waals surface area contributed by atoms with Gasteiger partial charge >= 0.3 is 0 Å². The van der Waals surface area contributed by atoms with Gasteiger partial charge in [-0.3, -0.25) is 4.98 Å². The third-order valence-corrected chi connectivity index (χ3v) is 3.01. The maximum absolute atomic E-state index is 4.19. The highest BCUT2D eigenvalue weighted by Crippen LogP contribution is 2.17. The molecule has 0 aliphatic rings. The molecule has 0 aliphatic heterocycles. The van der Waals surface area contributed by atoms with E-state index in [2.05, 4.69) is 61.4 Å². The molecule has 2 nitrogen and oxygen atoms in total. The third kappa shape index (κ3) is 3.33. The number of hydrogen-bond donors (Lipinski definition) is 1. The number of aryl methyl sites for hydroxylation is 1. The van der Waals surface area contributed by atoms with E-state index in [1.165, 1.54) is 16.7 Å². The number of anilines is 1. The third-order valence-electron chi connectivity index (χ3n) is 3.01. The molecule has 1 heterocycles. The van der Waals surface area contributed by atoms with Gasteiger partial charge in [-0.1, -0.05) is 32.0 Å². The van der Waals surface area contributed by atoms with Gasteiger partial charge in [0.1, 0.15) is 0 Å². The Morgan fingerprint density at radius 3 is 2.44 bits per heavy atom. The highest BCUT2D eigenvalue weighted by atomic mass is 14.9. The summed E-state index contributed by atoms with van der Waals surface area (Å²) in [5, 5.41) is 3.41. The second-order valence-corrected chi connectivity index (χ2v) is 5.00. The molecule has 0 amide bonds. The van der Waals surface area contributed by atoms with Gasteiger partial charge in [-0.15, -0.1) is 0 Å². The monoisotopic (exact) mass is 240 g/mol. The normalized spacial score (nSPS) is 10.7. The van der Waals surface area contributed by atoms with E-state index >= 15 is 0 Å². The average molecular weight is 240 g/mol. The zero-order chi connectivity index (χ0) is 13.0. The van der Waals surface area contributed by atoms with Crippen LogP contribution in [0.4, 0.5) is 5.69 Å². The lowest BCUT2D eigenvalue weighted by Crippen LogP contribution is -2.00. The van der Waals surface area contributed by atoms with Gasteiger partial charge in [-0.2, -0.15) is 0 Å². The van der Waals surface area contributed by atoms with Crippen molar-refractivity contribution in [2.45, 2.75) is 33.2 Å². The Bertz CT molecular complexity index is 501. The van der Waals surface area contributed by atoms with E-state index in [1.54, 1.807) is 0 Å². The van der Waals surface area contributed by atoms with E-state index in [1.807, 2.05) is 12.4 Å². The minimum Gasteiger partial charge on any atom is -0.381 e. The summed E-state index contributed by atoms with van der Waals surface area (Å²) in [7, 11) is 0. The van der Waals surface area contributed by atoms with Gasteiger partial charge < -0.3 is 5.32 Å². The minimum absolute atomic E-state index is 0.583. The topological polar surface area (TPSA) is 24.9 Å². The predicted molar refractivity (Wildman–Crippen MR) is 76.8 cm³/mol. The fraction of sp³-hybridized carbons (Fsp3) is 0.312. The van der Waals surface area contributed by atoms with Gasteiger partial charge in [-0.25, -0.2) is 0 Å². The van der Waals surface area contributed by atoms with E-state index in [9.17, 15) is 0 Å². The molecule has 2 heteroatoms. The molecule has 1 aromatic carbocycles. The molecule has 0 aliphatic carbocycles. The van der Waals surface area contributed by atoms with E-state index < -0.39 is 0 Å². The summed E-state index contributed by atoms with van der Waals surface area (Å²) in [5.74, 6) is 0.583. The molecule has 0 saturated carbocycles. The molecule has 0 atom stereocenters. The summed E-state index contributed by atoms with van der Waals surface area (Å²) in [4.78, 5) is 4.19. The zero-order valence-electron chi connectivity index (χ0n) is 11.3. The first kappa shape index (κ1) is 12.6. The van der Waals surface area contributed by atoms with Crippen LogP contribution in [0.3, 0.4) is 0 Å². The highest BCUT2D eigenvalue weighted by Gasteiger charge is 1.99. The SMILES string of the molecule is Cc1cncc(CNc2ccc(C(C)C)cc2)c1. The lowest BCUT2D eigenvalue weighted by Gasteiger charge is -2.09. The van der Waals surface area contributed by atoms with Crippen molar-refractivity contribution in [1.29, 1.82) is 0 Å². The molecule has 94 valence electrons. The van der Waals surface area contributed by atoms with Crippen LogP contribution in [0.15, 0.2) is 42.7 Å². The van der Waals surface area contributed by atoms with Crippen LogP contribution in [0.25, 0.3) is 0 Å². The van der Waals surface area contributed by atoms with Gasteiger partial charge in [0.25, 0.3) is 0 Å². The number of rotatable bonds is 4. The number of benzene rings is 1. The van der Waals surface area contributed by atoms with Crippen LogP contribution < -0.4 is 5.32 Å². The molecular weight excluding hydrogens is 220 g/mol. The maximum atomic E-state index is 4.19. The Kier molecular flexibility index (Phi) is 3.98. The van der Waals surface area contributed by atoms with Crippen molar-refractivity contribution >= 4 is 5.69 Å². The number of pyridine rings is 1. The highest BCUT2D eigenvalue weighted by molar-refractivity contribution is 5.45. The molecule has 2 aromatic rings. The van der Waals surface area contributed by atoms with Crippen molar-refractivity contribution in [1.82, 2.24) is 4.98 Å². The standard InChI is InChI=1S/C16H20N2/c1-12(2)15-4-6-16(7-5-15)18-11-14-8-13(3)9-17-10-14/h4-10,12,18H,11H2,1-3H3. The smallest absolute Gasteiger partial charge is 0.0416 e. The van der Waals surface area contributed by atoms with Gasteiger partial charge in [0.05, 0.1) is 0 Å². The Balaban J connectivity index is 1.98. The molecule has 0 bridgehead atoms. The molecule has 0 fully saturated rings. The van der Waals surface area contributed by atoms with Crippen molar-refractivity contribution in [3.8, 4) is 0 Å². The molecular formula is C16H20N2. The molecule has 1 N–H and O–H groups in total. The van der Waals surface area contributed by atoms with Gasteiger partial charge in [0.15, 0.2) is 0 Å². The number of nitrogens with one attached hydrogen (secondary N) is 1. The molecule has 0 saturated heterocycles. The van der Waals surface area contributed by atoms with Crippen LogP contribution in [0.5, 0.6) is 0 Å². The number of hydrogen-bond acceptors (Lipinski definition) is 2. The minimum atomic E-state index is 0.583. The molecule has 0 unspecified atom stereocenters. The van der Waals surface area contributed by atoms with E-state index in [0.29, 0.717) is 5.92 Å². The van der Waals surface area contributed by atoms with Crippen LogP contribution in [0.1, 0.15) is 36.5 Å². The molecule has 1 aromatic heterocycles. The summed E-state index contributed by atoms with van der Waals surface area (Å²) < 4.78 is 0. The Morgan fingerprint density at radius 2 is 1.83 bits per heavy atom. The lowest BCUT2D eigenvalue weighted by atomic mass is 10.0. The van der Waals surface area contributed by atoms with Gasteiger partial charge in [-0.05, 0) is 41.7 Å². The zero-order valence-corrected chi connectivity index (χ0v) is 11.3. The first-order valence-corrected chi connectivity index (χ1v) is 6.39. The van der Waals surface area contributed by atoms with Crippen molar-refractivity contribution in [3.63, 3.8) is 0 Å². The predicted octanol–water partition coefficient (Wildman–Crippen LogP) is 4.13. The van der Waals surface area contributed by atoms with E-state index in [0.717, 1.165) is 12.2 Å². The van der Waals surface area contributed by atoms with Gasteiger partial charge in [0, 0.05) is 24.6 Å². The maximum Gasteiger partial charge on any atom is 0.0416 e. The summed E-state index contributed by atoms with van der Waals surface area (Å²) in [6, 6.07) is 10.8. The van der Waals surface area contributed by atoms with Crippen LogP contribution >= 0.6 is 0 Å². The summed E-state index contributed by atoms with van der Waals surface area (Å²) in [6.07, 6.45) is 3.78. The second-order valence-electron chi connectivity index (χ2n) is 5.00. The molecule has 18 heavy (non-hydrogen) atoms. The molecule has 2 rings (SSSR count). The van der Waals surface area contributed by atoms with Crippen LogP contribution in [-0.4, -0.2) is 4.98 Å². The van der Waals surface area contributed by atoms with Crippen molar-refractivity contribution in [3.05, 3.63) is 59.4 Å². The summed E-state index contributed by atoms with van der Waals surface area (Å²) >= 11 is 0. The fourth-order valence-electron chi connectivity index (χ4n) is 1.90. The van der Waals surface area contributed by atoms with Crippen molar-refractivity contribution in [2.75, 3.05) is 5.32 Å². The summed E-state index contributed by atoms with van der Waals surface area (Å²) in [5.41, 5.74) is 4.94.